The van der Waals surface area contributed by atoms with E-state index in [1.165, 1.54) is 0 Å². The zero-order valence-corrected chi connectivity index (χ0v) is 17.9. The smallest absolute Gasteiger partial charge is 0.335 e. The summed E-state index contributed by atoms with van der Waals surface area (Å²) < 4.78 is 1.99. The van der Waals surface area contributed by atoms with Crippen molar-refractivity contribution in [1.82, 2.24) is 4.57 Å². The maximum absolute atomic E-state index is 12.6. The van der Waals surface area contributed by atoms with Gasteiger partial charge in [-0.1, -0.05) is 12.1 Å². The van der Waals surface area contributed by atoms with Gasteiger partial charge in [0.1, 0.15) is 11.6 Å². The fraction of sp³-hybridized carbons (Fsp3) is 0.160. The van der Waals surface area contributed by atoms with Crippen molar-refractivity contribution in [3.8, 4) is 11.8 Å². The molecule has 0 saturated carbocycles. The number of carboxylic acid groups (broad SMARTS) is 1. The van der Waals surface area contributed by atoms with E-state index in [1.807, 2.05) is 62.6 Å². The number of nitriles is 1. The van der Waals surface area contributed by atoms with Gasteiger partial charge in [0.15, 0.2) is 0 Å². The van der Waals surface area contributed by atoms with Crippen LogP contribution in [0.2, 0.25) is 0 Å². The Balaban J connectivity index is 1.97. The number of nitrogens with one attached hydrogen (secondary N) is 1. The van der Waals surface area contributed by atoms with Gasteiger partial charge in [0, 0.05) is 22.8 Å². The number of amides is 1. The molecular weight excluding hydrogens is 390 g/mol. The predicted octanol–water partition coefficient (Wildman–Crippen LogP) is 4.95. The molecule has 3 aromatic rings. The molecule has 2 N–H and O–H groups in total. The zero-order chi connectivity index (χ0) is 22.7. The zero-order valence-electron chi connectivity index (χ0n) is 17.9. The SMILES string of the molecule is Cc1cccc(NC(=O)/C(C#N)=C\c2cc(C)n(-c3ccc(C(=O)O)cc3C)c2C)c1. The van der Waals surface area contributed by atoms with Gasteiger partial charge in [0.2, 0.25) is 0 Å². The molecule has 0 radical (unpaired) electrons. The minimum atomic E-state index is -0.975. The summed E-state index contributed by atoms with van der Waals surface area (Å²) >= 11 is 0. The summed E-state index contributed by atoms with van der Waals surface area (Å²) in [4.78, 5) is 23.8. The number of aryl methyl sites for hydroxylation is 3. The van der Waals surface area contributed by atoms with Crippen molar-refractivity contribution >= 4 is 23.6 Å². The third-order valence-corrected chi connectivity index (χ3v) is 5.10. The molecule has 1 heterocycles. The van der Waals surface area contributed by atoms with Crippen LogP contribution in [0.1, 0.15) is 38.4 Å². The van der Waals surface area contributed by atoms with Gasteiger partial charge in [-0.15, -0.1) is 0 Å². The molecule has 156 valence electrons. The fourth-order valence-corrected chi connectivity index (χ4v) is 3.57. The van der Waals surface area contributed by atoms with Crippen molar-refractivity contribution in [2.45, 2.75) is 27.7 Å². The van der Waals surface area contributed by atoms with Crippen LogP contribution in [0.5, 0.6) is 0 Å². The summed E-state index contributed by atoms with van der Waals surface area (Å²) in [5.74, 6) is -1.45. The largest absolute Gasteiger partial charge is 0.478 e. The molecule has 31 heavy (non-hydrogen) atoms. The van der Waals surface area contributed by atoms with Gasteiger partial charge in [-0.05, 0) is 86.9 Å². The average molecular weight is 413 g/mol. The number of carboxylic acids is 1. The summed E-state index contributed by atoms with van der Waals surface area (Å²) in [6, 6.07) is 16.2. The van der Waals surface area contributed by atoms with E-state index in [0.29, 0.717) is 5.69 Å². The van der Waals surface area contributed by atoms with Crippen molar-refractivity contribution in [2.24, 2.45) is 0 Å². The number of rotatable bonds is 5. The topological polar surface area (TPSA) is 95.1 Å². The molecule has 2 aromatic carbocycles. The van der Waals surface area contributed by atoms with Crippen LogP contribution in [0, 0.1) is 39.0 Å². The number of benzene rings is 2. The van der Waals surface area contributed by atoms with Crippen LogP contribution < -0.4 is 5.32 Å². The van der Waals surface area contributed by atoms with E-state index in [2.05, 4.69) is 5.32 Å². The van der Waals surface area contributed by atoms with Crippen molar-refractivity contribution < 1.29 is 14.7 Å². The Morgan fingerprint density at radius 1 is 1.06 bits per heavy atom. The Hall–Kier alpha value is -4.11. The quantitative estimate of drug-likeness (QED) is 0.457. The monoisotopic (exact) mass is 413 g/mol. The molecule has 0 aliphatic heterocycles. The molecule has 6 heteroatoms. The number of hydrogen-bond donors (Lipinski definition) is 2. The Morgan fingerprint density at radius 2 is 1.81 bits per heavy atom. The molecule has 3 rings (SSSR count). The van der Waals surface area contributed by atoms with Crippen LogP contribution in [-0.2, 0) is 4.79 Å². The second kappa shape index (κ2) is 8.72. The van der Waals surface area contributed by atoms with Crippen LogP contribution in [-0.4, -0.2) is 21.6 Å². The first kappa shape index (κ1) is 21.6. The number of carbonyl (C=O) groups is 2. The molecule has 1 aromatic heterocycles. The summed E-state index contributed by atoms with van der Waals surface area (Å²) in [6.07, 6.45) is 1.57. The maximum atomic E-state index is 12.6. The lowest BCUT2D eigenvalue weighted by atomic mass is 10.1. The number of aromatic carboxylic acids is 1. The lowest BCUT2D eigenvalue weighted by Crippen LogP contribution is -2.13. The summed E-state index contributed by atoms with van der Waals surface area (Å²) in [5.41, 5.74) is 6.03. The Bertz CT molecular complexity index is 1260. The average Bonchev–Trinajstić information content (AvgIpc) is 2.99. The number of aromatic nitrogens is 1. The minimum absolute atomic E-state index is 0.000275. The lowest BCUT2D eigenvalue weighted by Gasteiger charge is -2.13. The lowest BCUT2D eigenvalue weighted by molar-refractivity contribution is -0.112. The van der Waals surface area contributed by atoms with Crippen molar-refractivity contribution in [3.05, 3.63) is 87.7 Å². The third-order valence-electron chi connectivity index (χ3n) is 5.10. The van der Waals surface area contributed by atoms with Gasteiger partial charge < -0.3 is 15.0 Å². The highest BCUT2D eigenvalue weighted by Crippen LogP contribution is 2.26. The Morgan fingerprint density at radius 3 is 2.42 bits per heavy atom. The second-order valence-electron chi connectivity index (χ2n) is 7.46. The van der Waals surface area contributed by atoms with Crippen LogP contribution in [0.25, 0.3) is 11.8 Å². The summed E-state index contributed by atoms with van der Waals surface area (Å²) in [7, 11) is 0. The molecule has 0 aliphatic rings. The van der Waals surface area contributed by atoms with E-state index >= 15 is 0 Å². The second-order valence-corrected chi connectivity index (χ2v) is 7.46. The van der Waals surface area contributed by atoms with Crippen molar-refractivity contribution in [2.75, 3.05) is 5.32 Å². The van der Waals surface area contributed by atoms with E-state index in [9.17, 15) is 20.0 Å². The highest BCUT2D eigenvalue weighted by molar-refractivity contribution is 6.09. The number of anilines is 1. The summed E-state index contributed by atoms with van der Waals surface area (Å²) in [5, 5.41) is 21.5. The van der Waals surface area contributed by atoms with E-state index in [4.69, 9.17) is 0 Å². The van der Waals surface area contributed by atoms with Crippen LogP contribution in [0.15, 0.2) is 54.1 Å². The predicted molar refractivity (Wildman–Crippen MR) is 120 cm³/mol. The Labute approximate surface area is 181 Å². The number of nitrogens with zero attached hydrogens (tertiary/aromatic N) is 2. The first-order valence-corrected chi connectivity index (χ1v) is 9.74. The Kier molecular flexibility index (Phi) is 6.07. The standard InChI is InChI=1S/C25H23N3O3/c1-15-6-5-7-22(10-15)27-24(29)21(14-26)13-20-12-17(3)28(18(20)4)23-9-8-19(25(30)31)11-16(23)2/h5-13H,1-4H3,(H,27,29)(H,30,31)/b21-13-. The maximum Gasteiger partial charge on any atom is 0.335 e. The van der Waals surface area contributed by atoms with Gasteiger partial charge in [0.05, 0.1) is 5.56 Å². The molecule has 0 fully saturated rings. The molecule has 6 nitrogen and oxygen atoms in total. The molecule has 0 atom stereocenters. The van der Waals surface area contributed by atoms with Gasteiger partial charge >= 0.3 is 5.97 Å². The van der Waals surface area contributed by atoms with Gasteiger partial charge in [-0.25, -0.2) is 4.79 Å². The van der Waals surface area contributed by atoms with Gasteiger partial charge in [-0.2, -0.15) is 5.26 Å². The first-order chi connectivity index (χ1) is 14.7. The van der Waals surface area contributed by atoms with Crippen LogP contribution in [0.4, 0.5) is 5.69 Å². The molecule has 0 bridgehead atoms. The highest BCUT2D eigenvalue weighted by Gasteiger charge is 2.16. The van der Waals surface area contributed by atoms with E-state index in [-0.39, 0.29) is 11.1 Å². The van der Waals surface area contributed by atoms with Crippen LogP contribution >= 0.6 is 0 Å². The fourth-order valence-electron chi connectivity index (χ4n) is 3.57. The van der Waals surface area contributed by atoms with Gasteiger partial charge in [-0.3, -0.25) is 4.79 Å². The summed E-state index contributed by atoms with van der Waals surface area (Å²) in [6.45, 7) is 7.60. The molecular formula is C25H23N3O3. The molecule has 0 saturated heterocycles. The highest BCUT2D eigenvalue weighted by atomic mass is 16.4. The first-order valence-electron chi connectivity index (χ1n) is 9.74. The normalized spacial score (nSPS) is 11.1. The van der Waals surface area contributed by atoms with E-state index < -0.39 is 11.9 Å². The minimum Gasteiger partial charge on any atom is -0.478 e. The van der Waals surface area contributed by atoms with Crippen LogP contribution in [0.3, 0.4) is 0 Å². The van der Waals surface area contributed by atoms with Gasteiger partial charge in [0.25, 0.3) is 5.91 Å². The van der Waals surface area contributed by atoms with Crippen molar-refractivity contribution in [1.29, 1.82) is 5.26 Å². The number of hydrogen-bond acceptors (Lipinski definition) is 3. The molecule has 0 unspecified atom stereocenters. The van der Waals surface area contributed by atoms with E-state index in [1.54, 1.807) is 30.3 Å². The molecule has 0 aliphatic carbocycles. The molecule has 1 amide bonds. The van der Waals surface area contributed by atoms with E-state index in [0.717, 1.165) is 33.8 Å². The third kappa shape index (κ3) is 4.57. The number of carbonyl (C=O) groups excluding carboxylic acids is 1. The van der Waals surface area contributed by atoms with Crippen molar-refractivity contribution in [3.63, 3.8) is 0 Å². The molecule has 0 spiro atoms.